The molecule has 0 saturated heterocycles. The van der Waals surface area contributed by atoms with Gasteiger partial charge >= 0.3 is 0 Å². The minimum Gasteiger partial charge on any atom is -0.495 e. The fourth-order valence-electron chi connectivity index (χ4n) is 2.51. The van der Waals surface area contributed by atoms with E-state index in [4.69, 9.17) is 4.74 Å². The molecule has 0 aliphatic heterocycles. The number of benzene rings is 2. The highest BCUT2D eigenvalue weighted by Crippen LogP contribution is 2.26. The number of nitrogens with one attached hydrogen (secondary N) is 2. The highest BCUT2D eigenvalue weighted by atomic mass is 32.2. The fourth-order valence-corrected chi connectivity index (χ4v) is 3.58. The third kappa shape index (κ3) is 4.66. The second kappa shape index (κ2) is 8.53. The molecule has 0 bridgehead atoms. The van der Waals surface area contributed by atoms with Crippen molar-refractivity contribution in [3.8, 4) is 5.75 Å². The smallest absolute Gasteiger partial charge is 0.262 e. The van der Waals surface area contributed by atoms with E-state index in [2.05, 4.69) is 15.0 Å². The molecule has 3 rings (SSSR count). The van der Waals surface area contributed by atoms with E-state index in [0.29, 0.717) is 23.5 Å². The molecule has 2 aromatic carbocycles. The molecule has 0 atom stereocenters. The Balaban J connectivity index is 1.69. The van der Waals surface area contributed by atoms with E-state index in [1.54, 1.807) is 42.7 Å². The normalized spacial score (nSPS) is 10.9. The van der Waals surface area contributed by atoms with Gasteiger partial charge in [-0.15, -0.1) is 0 Å². The topological polar surface area (TPSA) is 97.4 Å². The van der Waals surface area contributed by atoms with Gasteiger partial charge in [0.1, 0.15) is 5.75 Å². The lowest BCUT2D eigenvalue weighted by Gasteiger charge is -2.12. The predicted molar refractivity (Wildman–Crippen MR) is 106 cm³/mol. The van der Waals surface area contributed by atoms with Gasteiger partial charge < -0.3 is 10.1 Å². The minimum absolute atomic E-state index is 0.0437. The third-order valence-electron chi connectivity index (χ3n) is 3.95. The Kier molecular flexibility index (Phi) is 5.90. The van der Waals surface area contributed by atoms with E-state index < -0.39 is 10.0 Å². The van der Waals surface area contributed by atoms with Gasteiger partial charge in [-0.25, -0.2) is 8.42 Å². The van der Waals surface area contributed by atoms with E-state index in [1.165, 1.54) is 31.4 Å². The Labute approximate surface area is 163 Å². The summed E-state index contributed by atoms with van der Waals surface area (Å²) >= 11 is 0. The van der Waals surface area contributed by atoms with Crippen LogP contribution in [0.3, 0.4) is 0 Å². The van der Waals surface area contributed by atoms with Crippen LogP contribution in [0.4, 0.5) is 5.69 Å². The zero-order valence-electron chi connectivity index (χ0n) is 15.1. The molecule has 8 heteroatoms. The summed E-state index contributed by atoms with van der Waals surface area (Å²) < 4.78 is 32.8. The summed E-state index contributed by atoms with van der Waals surface area (Å²) in [6.07, 6.45) is 3.32. The molecule has 2 N–H and O–H groups in total. The first kappa shape index (κ1) is 19.4. The van der Waals surface area contributed by atoms with Crippen LogP contribution >= 0.6 is 0 Å². The summed E-state index contributed by atoms with van der Waals surface area (Å²) in [6, 6.07) is 16.1. The highest BCUT2D eigenvalue weighted by Gasteiger charge is 2.17. The van der Waals surface area contributed by atoms with Gasteiger partial charge in [0, 0.05) is 24.5 Å². The number of anilines is 1. The quantitative estimate of drug-likeness (QED) is 0.639. The number of nitrogens with zero attached hydrogens (tertiary/aromatic N) is 1. The number of aromatic nitrogens is 1. The standard InChI is InChI=1S/C20H19N3O4S/c1-27-19-7-3-2-6-18(19)23-28(25,26)17-10-8-16(9-11-17)20(24)22-14-15-5-4-12-21-13-15/h2-13,23H,14H2,1H3,(H,22,24). The van der Waals surface area contributed by atoms with Crippen molar-refractivity contribution < 1.29 is 17.9 Å². The Morgan fingerprint density at radius 3 is 2.46 bits per heavy atom. The maximum Gasteiger partial charge on any atom is 0.262 e. The number of ether oxygens (including phenoxy) is 1. The van der Waals surface area contributed by atoms with Crippen LogP contribution < -0.4 is 14.8 Å². The van der Waals surface area contributed by atoms with Crippen molar-refractivity contribution in [2.45, 2.75) is 11.4 Å². The molecule has 0 spiro atoms. The van der Waals surface area contributed by atoms with E-state index in [-0.39, 0.29) is 10.8 Å². The van der Waals surface area contributed by atoms with Crippen LogP contribution in [0.1, 0.15) is 15.9 Å². The van der Waals surface area contributed by atoms with Gasteiger partial charge in [-0.1, -0.05) is 18.2 Å². The Morgan fingerprint density at radius 1 is 1.04 bits per heavy atom. The van der Waals surface area contributed by atoms with Crippen LogP contribution in [0.2, 0.25) is 0 Å². The summed E-state index contributed by atoms with van der Waals surface area (Å²) in [5.41, 5.74) is 1.57. The number of amides is 1. The van der Waals surface area contributed by atoms with Gasteiger partial charge in [0.2, 0.25) is 0 Å². The van der Waals surface area contributed by atoms with Crippen LogP contribution in [0.15, 0.2) is 78.0 Å². The first-order chi connectivity index (χ1) is 13.5. The number of methoxy groups -OCH3 is 1. The Bertz CT molecular complexity index is 1050. The number of rotatable bonds is 7. The average Bonchev–Trinajstić information content (AvgIpc) is 2.73. The molecular formula is C20H19N3O4S. The number of pyridine rings is 1. The largest absolute Gasteiger partial charge is 0.495 e. The monoisotopic (exact) mass is 397 g/mol. The molecule has 0 fully saturated rings. The molecule has 1 aromatic heterocycles. The number of hydrogen-bond donors (Lipinski definition) is 2. The zero-order chi connectivity index (χ0) is 20.0. The molecule has 0 aliphatic carbocycles. The van der Waals surface area contributed by atoms with Crippen molar-refractivity contribution in [2.75, 3.05) is 11.8 Å². The summed E-state index contributed by atoms with van der Waals surface area (Å²) in [5.74, 6) is 0.114. The highest BCUT2D eigenvalue weighted by molar-refractivity contribution is 7.92. The van der Waals surface area contributed by atoms with Gasteiger partial charge in [-0.2, -0.15) is 0 Å². The molecule has 0 saturated carbocycles. The second-order valence-corrected chi connectivity index (χ2v) is 7.56. The van der Waals surface area contributed by atoms with Gasteiger partial charge in [0.15, 0.2) is 0 Å². The van der Waals surface area contributed by atoms with Crippen LogP contribution in [0.5, 0.6) is 5.75 Å². The summed E-state index contributed by atoms with van der Waals surface area (Å²) in [6.45, 7) is 0.335. The van der Waals surface area contributed by atoms with Gasteiger partial charge in [-0.05, 0) is 48.0 Å². The number of carbonyl (C=O) groups excluding carboxylic acids is 1. The summed E-state index contributed by atoms with van der Waals surface area (Å²) in [4.78, 5) is 16.3. The van der Waals surface area contributed by atoms with Crippen molar-refractivity contribution in [2.24, 2.45) is 0 Å². The van der Waals surface area contributed by atoms with Gasteiger partial charge in [0.05, 0.1) is 17.7 Å². The van der Waals surface area contributed by atoms with E-state index in [1.807, 2.05) is 6.07 Å². The SMILES string of the molecule is COc1ccccc1NS(=O)(=O)c1ccc(C(=O)NCc2cccnc2)cc1. The third-order valence-corrected chi connectivity index (χ3v) is 5.34. The van der Waals surface area contributed by atoms with E-state index >= 15 is 0 Å². The number of carbonyl (C=O) groups is 1. The van der Waals surface area contributed by atoms with Crippen LogP contribution in [0.25, 0.3) is 0 Å². The van der Waals surface area contributed by atoms with Crippen molar-refractivity contribution in [1.29, 1.82) is 0 Å². The lowest BCUT2D eigenvalue weighted by molar-refractivity contribution is 0.0951. The van der Waals surface area contributed by atoms with Crippen molar-refractivity contribution in [3.05, 3.63) is 84.2 Å². The van der Waals surface area contributed by atoms with Crippen molar-refractivity contribution >= 4 is 21.6 Å². The minimum atomic E-state index is -3.81. The summed E-state index contributed by atoms with van der Waals surface area (Å²) in [5, 5.41) is 2.77. The van der Waals surface area contributed by atoms with Crippen molar-refractivity contribution in [3.63, 3.8) is 0 Å². The zero-order valence-corrected chi connectivity index (χ0v) is 15.9. The maximum absolute atomic E-state index is 12.6. The van der Waals surface area contributed by atoms with E-state index in [9.17, 15) is 13.2 Å². The lowest BCUT2D eigenvalue weighted by Crippen LogP contribution is -2.23. The lowest BCUT2D eigenvalue weighted by atomic mass is 10.2. The number of para-hydroxylation sites is 2. The van der Waals surface area contributed by atoms with Crippen LogP contribution in [0, 0.1) is 0 Å². The molecule has 0 radical (unpaired) electrons. The summed E-state index contributed by atoms with van der Waals surface area (Å²) in [7, 11) is -2.35. The Hall–Kier alpha value is -3.39. The predicted octanol–water partition coefficient (Wildman–Crippen LogP) is 2.82. The van der Waals surface area contributed by atoms with Crippen LogP contribution in [-0.2, 0) is 16.6 Å². The van der Waals surface area contributed by atoms with Gasteiger partial charge in [-0.3, -0.25) is 14.5 Å². The maximum atomic E-state index is 12.6. The van der Waals surface area contributed by atoms with Crippen LogP contribution in [-0.4, -0.2) is 26.4 Å². The molecule has 0 aliphatic rings. The molecule has 7 nitrogen and oxygen atoms in total. The molecule has 1 heterocycles. The molecule has 0 unspecified atom stereocenters. The number of hydrogen-bond acceptors (Lipinski definition) is 5. The molecular weight excluding hydrogens is 378 g/mol. The second-order valence-electron chi connectivity index (χ2n) is 5.87. The molecule has 1 amide bonds. The molecule has 144 valence electrons. The molecule has 28 heavy (non-hydrogen) atoms. The first-order valence-corrected chi connectivity index (χ1v) is 9.91. The van der Waals surface area contributed by atoms with Gasteiger partial charge in [0.25, 0.3) is 15.9 Å². The number of sulfonamides is 1. The average molecular weight is 397 g/mol. The molecule has 3 aromatic rings. The fraction of sp³-hybridized carbons (Fsp3) is 0.100. The Morgan fingerprint density at radius 2 is 1.79 bits per heavy atom. The van der Waals surface area contributed by atoms with Crippen molar-refractivity contribution in [1.82, 2.24) is 10.3 Å². The first-order valence-electron chi connectivity index (χ1n) is 8.42. The van der Waals surface area contributed by atoms with E-state index in [0.717, 1.165) is 5.56 Å².